The van der Waals surface area contributed by atoms with Gasteiger partial charge in [0.1, 0.15) is 6.07 Å². The van der Waals surface area contributed by atoms with Crippen LogP contribution >= 0.6 is 11.6 Å². The molecular formula is C15H13ClN2. The average Bonchev–Trinajstić information content (AvgIpc) is 2.35. The number of hydrogen-bond donors (Lipinski definition) is 1. The summed E-state index contributed by atoms with van der Waals surface area (Å²) in [5, 5.41) is 13.0. The third-order valence-corrected chi connectivity index (χ3v) is 3.09. The molecule has 0 atom stereocenters. The number of halogens is 1. The summed E-state index contributed by atoms with van der Waals surface area (Å²) in [6, 6.07) is 13.6. The summed E-state index contributed by atoms with van der Waals surface area (Å²) in [4.78, 5) is 0. The van der Waals surface area contributed by atoms with Crippen molar-refractivity contribution in [3.05, 3.63) is 58.1 Å². The molecule has 0 bridgehead atoms. The fourth-order valence-electron chi connectivity index (χ4n) is 1.78. The maximum Gasteiger partial charge on any atom is 0.101 e. The van der Waals surface area contributed by atoms with Gasteiger partial charge in [-0.05, 0) is 43.2 Å². The Hall–Kier alpha value is -1.98. The van der Waals surface area contributed by atoms with Gasteiger partial charge < -0.3 is 5.32 Å². The first-order valence-corrected chi connectivity index (χ1v) is 6.02. The second-order valence-corrected chi connectivity index (χ2v) is 4.62. The second-order valence-electron chi connectivity index (χ2n) is 4.22. The van der Waals surface area contributed by atoms with E-state index in [0.717, 1.165) is 22.5 Å². The van der Waals surface area contributed by atoms with Crippen molar-refractivity contribution >= 4 is 23.0 Å². The van der Waals surface area contributed by atoms with E-state index in [1.165, 1.54) is 0 Å². The van der Waals surface area contributed by atoms with Gasteiger partial charge >= 0.3 is 0 Å². The van der Waals surface area contributed by atoms with Gasteiger partial charge in [0.05, 0.1) is 22.0 Å². The zero-order chi connectivity index (χ0) is 13.1. The van der Waals surface area contributed by atoms with E-state index < -0.39 is 0 Å². The Morgan fingerprint density at radius 3 is 2.61 bits per heavy atom. The van der Waals surface area contributed by atoms with Gasteiger partial charge in [-0.1, -0.05) is 29.8 Å². The van der Waals surface area contributed by atoms with E-state index in [1.54, 1.807) is 0 Å². The van der Waals surface area contributed by atoms with Crippen molar-refractivity contribution in [2.24, 2.45) is 0 Å². The van der Waals surface area contributed by atoms with E-state index in [0.29, 0.717) is 10.6 Å². The van der Waals surface area contributed by atoms with Crippen LogP contribution in [0.5, 0.6) is 0 Å². The van der Waals surface area contributed by atoms with Gasteiger partial charge in [-0.25, -0.2) is 0 Å². The van der Waals surface area contributed by atoms with Crippen molar-refractivity contribution in [3.63, 3.8) is 0 Å². The van der Waals surface area contributed by atoms with E-state index in [1.807, 2.05) is 50.2 Å². The van der Waals surface area contributed by atoms with E-state index in [9.17, 15) is 0 Å². The van der Waals surface area contributed by atoms with Crippen LogP contribution in [0, 0.1) is 25.2 Å². The first-order chi connectivity index (χ1) is 8.61. The predicted molar refractivity (Wildman–Crippen MR) is 75.4 cm³/mol. The molecule has 18 heavy (non-hydrogen) atoms. The van der Waals surface area contributed by atoms with Crippen LogP contribution in [0.3, 0.4) is 0 Å². The molecule has 0 aliphatic rings. The molecule has 2 aromatic carbocycles. The zero-order valence-electron chi connectivity index (χ0n) is 10.3. The largest absolute Gasteiger partial charge is 0.353 e. The molecule has 2 rings (SSSR count). The number of aryl methyl sites for hydroxylation is 2. The molecule has 2 nitrogen and oxygen atoms in total. The van der Waals surface area contributed by atoms with Crippen molar-refractivity contribution in [1.82, 2.24) is 0 Å². The Morgan fingerprint density at radius 1 is 1.17 bits per heavy atom. The number of nitrogens with zero attached hydrogens (tertiary/aromatic N) is 1. The van der Waals surface area contributed by atoms with Gasteiger partial charge in [0, 0.05) is 0 Å². The molecule has 1 N–H and O–H groups in total. The molecule has 0 unspecified atom stereocenters. The van der Waals surface area contributed by atoms with E-state index in [2.05, 4.69) is 11.4 Å². The minimum absolute atomic E-state index is 0.620. The summed E-state index contributed by atoms with van der Waals surface area (Å²) < 4.78 is 0. The molecule has 0 radical (unpaired) electrons. The topological polar surface area (TPSA) is 35.8 Å². The third kappa shape index (κ3) is 2.47. The molecule has 0 heterocycles. The van der Waals surface area contributed by atoms with Crippen LogP contribution in [0.4, 0.5) is 11.4 Å². The number of nitriles is 1. The number of hydrogen-bond acceptors (Lipinski definition) is 2. The van der Waals surface area contributed by atoms with E-state index in [-0.39, 0.29) is 0 Å². The lowest BCUT2D eigenvalue weighted by atomic mass is 10.1. The van der Waals surface area contributed by atoms with Crippen LogP contribution in [-0.4, -0.2) is 0 Å². The maximum atomic E-state index is 9.14. The molecule has 0 fully saturated rings. The number of benzene rings is 2. The Kier molecular flexibility index (Phi) is 3.55. The van der Waals surface area contributed by atoms with Crippen LogP contribution in [-0.2, 0) is 0 Å². The molecular weight excluding hydrogens is 244 g/mol. The summed E-state index contributed by atoms with van der Waals surface area (Å²) in [7, 11) is 0. The van der Waals surface area contributed by atoms with Gasteiger partial charge in [-0.2, -0.15) is 5.26 Å². The third-order valence-electron chi connectivity index (χ3n) is 2.78. The fraction of sp³-hybridized carbons (Fsp3) is 0.133. The molecule has 0 amide bonds. The SMILES string of the molecule is Cc1ccc(Nc2c(C)cccc2Cl)c(C#N)c1. The summed E-state index contributed by atoms with van der Waals surface area (Å²) in [6.45, 7) is 3.94. The average molecular weight is 257 g/mol. The highest BCUT2D eigenvalue weighted by molar-refractivity contribution is 6.33. The number of para-hydroxylation sites is 1. The van der Waals surface area contributed by atoms with Crippen molar-refractivity contribution in [3.8, 4) is 6.07 Å². The summed E-state index contributed by atoms with van der Waals surface area (Å²) in [6.07, 6.45) is 0. The number of anilines is 2. The van der Waals surface area contributed by atoms with Crippen molar-refractivity contribution in [1.29, 1.82) is 5.26 Å². The highest BCUT2D eigenvalue weighted by Crippen LogP contribution is 2.30. The molecule has 0 spiro atoms. The van der Waals surface area contributed by atoms with Gasteiger partial charge in [-0.15, -0.1) is 0 Å². The molecule has 0 saturated heterocycles. The molecule has 2 aromatic rings. The highest BCUT2D eigenvalue weighted by Gasteiger charge is 2.07. The number of rotatable bonds is 2. The predicted octanol–water partition coefficient (Wildman–Crippen LogP) is 4.57. The van der Waals surface area contributed by atoms with Crippen LogP contribution < -0.4 is 5.32 Å². The first-order valence-electron chi connectivity index (χ1n) is 5.64. The van der Waals surface area contributed by atoms with Crippen molar-refractivity contribution in [2.45, 2.75) is 13.8 Å². The maximum absolute atomic E-state index is 9.14. The molecule has 90 valence electrons. The quantitative estimate of drug-likeness (QED) is 0.854. The smallest absolute Gasteiger partial charge is 0.101 e. The van der Waals surface area contributed by atoms with Crippen LogP contribution in [0.15, 0.2) is 36.4 Å². The Labute approximate surface area is 112 Å². The normalized spacial score (nSPS) is 9.89. The summed E-state index contributed by atoms with van der Waals surface area (Å²) in [5.41, 5.74) is 4.35. The Bertz CT molecular complexity index is 607. The molecule has 0 aliphatic carbocycles. The van der Waals surface area contributed by atoms with Crippen molar-refractivity contribution < 1.29 is 0 Å². The summed E-state index contributed by atoms with van der Waals surface area (Å²) >= 11 is 6.16. The Balaban J connectivity index is 2.44. The lowest BCUT2D eigenvalue weighted by molar-refractivity contribution is 1.38. The monoisotopic (exact) mass is 256 g/mol. The van der Waals surface area contributed by atoms with Gasteiger partial charge in [0.25, 0.3) is 0 Å². The lowest BCUT2D eigenvalue weighted by Crippen LogP contribution is -1.97. The lowest BCUT2D eigenvalue weighted by Gasteiger charge is -2.13. The van der Waals surface area contributed by atoms with Crippen LogP contribution in [0.2, 0.25) is 5.02 Å². The van der Waals surface area contributed by atoms with E-state index >= 15 is 0 Å². The zero-order valence-corrected chi connectivity index (χ0v) is 11.0. The van der Waals surface area contributed by atoms with E-state index in [4.69, 9.17) is 16.9 Å². The molecule has 0 aromatic heterocycles. The van der Waals surface area contributed by atoms with Gasteiger partial charge in [0.15, 0.2) is 0 Å². The first kappa shape index (κ1) is 12.5. The van der Waals surface area contributed by atoms with Crippen LogP contribution in [0.25, 0.3) is 0 Å². The molecule has 0 aliphatic heterocycles. The Morgan fingerprint density at radius 2 is 1.94 bits per heavy atom. The van der Waals surface area contributed by atoms with Gasteiger partial charge in [-0.3, -0.25) is 0 Å². The molecule has 0 saturated carbocycles. The van der Waals surface area contributed by atoms with Crippen molar-refractivity contribution in [2.75, 3.05) is 5.32 Å². The highest BCUT2D eigenvalue weighted by atomic mass is 35.5. The standard InChI is InChI=1S/C15H13ClN2/c1-10-6-7-14(12(8-10)9-17)18-15-11(2)4-3-5-13(15)16/h3-8,18H,1-2H3. The fourth-order valence-corrected chi connectivity index (χ4v) is 2.05. The summed E-state index contributed by atoms with van der Waals surface area (Å²) in [5.74, 6) is 0. The van der Waals surface area contributed by atoms with Gasteiger partial charge in [0.2, 0.25) is 0 Å². The van der Waals surface area contributed by atoms with Crippen LogP contribution in [0.1, 0.15) is 16.7 Å². The number of nitrogens with one attached hydrogen (secondary N) is 1. The molecule has 3 heteroatoms. The minimum Gasteiger partial charge on any atom is -0.353 e. The minimum atomic E-state index is 0.620. The second kappa shape index (κ2) is 5.12.